The average molecular weight is 344 g/mol. The molecule has 4 rings (SSSR count). The van der Waals surface area contributed by atoms with Crippen LogP contribution in [-0.2, 0) is 11.8 Å². The van der Waals surface area contributed by atoms with Crippen LogP contribution in [0.3, 0.4) is 0 Å². The van der Waals surface area contributed by atoms with Gasteiger partial charge in [-0.15, -0.1) is 0 Å². The molecule has 0 unspecified atom stereocenters. The minimum absolute atomic E-state index is 0.148. The van der Waals surface area contributed by atoms with E-state index in [1.165, 1.54) is 12.4 Å². The van der Waals surface area contributed by atoms with Crippen molar-refractivity contribution in [3.8, 4) is 0 Å². The molecule has 2 saturated heterocycles. The lowest BCUT2D eigenvalue weighted by molar-refractivity contribution is -0.130. The summed E-state index contributed by atoms with van der Waals surface area (Å²) >= 11 is 0. The first kappa shape index (κ1) is 16.0. The monoisotopic (exact) mass is 344 g/mol. The molecule has 0 saturated carbocycles. The van der Waals surface area contributed by atoms with E-state index >= 15 is 0 Å². The van der Waals surface area contributed by atoms with Crippen LogP contribution < -0.4 is 4.90 Å². The summed E-state index contributed by atoms with van der Waals surface area (Å²) in [6.07, 6.45) is 8.44. The van der Waals surface area contributed by atoms with E-state index in [1.807, 2.05) is 31.4 Å². The number of carbonyl (C=O) groups is 1. The van der Waals surface area contributed by atoms with Crippen LogP contribution in [-0.4, -0.2) is 56.2 Å². The highest BCUT2D eigenvalue weighted by atomic mass is 19.1. The Kier molecular flexibility index (Phi) is 3.70. The maximum absolute atomic E-state index is 13.0. The van der Waals surface area contributed by atoms with Crippen molar-refractivity contribution in [1.82, 2.24) is 24.6 Å². The molecule has 25 heavy (non-hydrogen) atoms. The summed E-state index contributed by atoms with van der Waals surface area (Å²) in [5.74, 6) is 0.437. The molecule has 1 atom stereocenters. The predicted octanol–water partition coefficient (Wildman–Crippen LogP) is 1.33. The Morgan fingerprint density at radius 2 is 1.84 bits per heavy atom. The van der Waals surface area contributed by atoms with Gasteiger partial charge in [0.1, 0.15) is 0 Å². The molecule has 0 N–H and O–H groups in total. The number of aromatic nitrogens is 4. The number of likely N-dealkylation sites (tertiary alicyclic amines) is 1. The zero-order chi connectivity index (χ0) is 17.6. The lowest BCUT2D eigenvalue weighted by Crippen LogP contribution is -2.54. The minimum Gasteiger partial charge on any atom is -0.341 e. The molecule has 132 valence electrons. The zero-order valence-electron chi connectivity index (χ0n) is 14.4. The van der Waals surface area contributed by atoms with Crippen LogP contribution in [0.4, 0.5) is 10.3 Å². The van der Waals surface area contributed by atoms with Crippen molar-refractivity contribution in [2.45, 2.75) is 30.7 Å². The second-order valence-electron chi connectivity index (χ2n) is 6.95. The highest BCUT2D eigenvalue weighted by Gasteiger charge is 2.53. The summed E-state index contributed by atoms with van der Waals surface area (Å²) < 4.78 is 14.8. The normalized spacial score (nSPS) is 22.8. The van der Waals surface area contributed by atoms with E-state index in [1.54, 1.807) is 4.68 Å². The largest absolute Gasteiger partial charge is 0.341 e. The smallest absolute Gasteiger partial charge is 0.225 e. The number of piperidine rings is 1. The number of halogens is 1. The fourth-order valence-corrected chi connectivity index (χ4v) is 4.28. The van der Waals surface area contributed by atoms with Crippen molar-refractivity contribution in [3.63, 3.8) is 0 Å². The van der Waals surface area contributed by atoms with Crippen molar-refractivity contribution in [2.24, 2.45) is 7.05 Å². The van der Waals surface area contributed by atoms with Crippen molar-refractivity contribution >= 4 is 11.9 Å². The molecule has 2 aromatic heterocycles. The fourth-order valence-electron chi connectivity index (χ4n) is 4.28. The van der Waals surface area contributed by atoms with Crippen LogP contribution in [0.2, 0.25) is 0 Å². The van der Waals surface area contributed by atoms with Gasteiger partial charge in [0.2, 0.25) is 11.9 Å². The zero-order valence-corrected chi connectivity index (χ0v) is 14.4. The topological polar surface area (TPSA) is 67.2 Å². The Morgan fingerprint density at radius 3 is 2.44 bits per heavy atom. The van der Waals surface area contributed by atoms with Gasteiger partial charge in [0, 0.05) is 45.7 Å². The third kappa shape index (κ3) is 2.56. The number of hydrogen-bond acceptors (Lipinski definition) is 5. The van der Waals surface area contributed by atoms with E-state index in [-0.39, 0.29) is 17.4 Å². The SMILES string of the molecule is CN1C(=O)C[C@@H](c2cnn(C)c2)C12CCN(c1ncc(F)cn1)CC2. The molecule has 2 aliphatic heterocycles. The number of nitrogens with zero attached hydrogens (tertiary/aromatic N) is 6. The summed E-state index contributed by atoms with van der Waals surface area (Å²) in [4.78, 5) is 24.6. The Hall–Kier alpha value is -2.51. The Labute approximate surface area is 145 Å². The molecule has 2 fully saturated rings. The van der Waals surface area contributed by atoms with E-state index < -0.39 is 5.82 Å². The Morgan fingerprint density at radius 1 is 1.16 bits per heavy atom. The minimum atomic E-state index is -0.435. The first-order valence-electron chi connectivity index (χ1n) is 8.47. The second-order valence-corrected chi connectivity index (χ2v) is 6.95. The van der Waals surface area contributed by atoms with Crippen molar-refractivity contribution in [1.29, 1.82) is 0 Å². The van der Waals surface area contributed by atoms with E-state index in [2.05, 4.69) is 20.0 Å². The Bertz CT molecular complexity index is 781. The average Bonchev–Trinajstić information content (AvgIpc) is 3.14. The van der Waals surface area contributed by atoms with Crippen molar-refractivity contribution < 1.29 is 9.18 Å². The number of amides is 1. The molecule has 0 bridgehead atoms. The number of hydrogen-bond donors (Lipinski definition) is 0. The number of likely N-dealkylation sites (N-methyl/N-ethyl adjacent to an activating group) is 1. The molecule has 4 heterocycles. The lowest BCUT2D eigenvalue weighted by atomic mass is 9.74. The number of anilines is 1. The number of aryl methyl sites for hydroxylation is 1. The van der Waals surface area contributed by atoms with Crippen LogP contribution in [0.25, 0.3) is 0 Å². The maximum atomic E-state index is 13.0. The van der Waals surface area contributed by atoms with Crippen molar-refractivity contribution in [3.05, 3.63) is 36.2 Å². The summed E-state index contributed by atoms with van der Waals surface area (Å²) in [7, 11) is 3.80. The van der Waals surface area contributed by atoms with Crippen LogP contribution >= 0.6 is 0 Å². The molecule has 0 aliphatic carbocycles. The molecular weight excluding hydrogens is 323 g/mol. The van der Waals surface area contributed by atoms with Crippen LogP contribution in [0.15, 0.2) is 24.8 Å². The highest BCUT2D eigenvalue weighted by Crippen LogP contribution is 2.48. The molecule has 0 aromatic carbocycles. The first-order valence-corrected chi connectivity index (χ1v) is 8.47. The summed E-state index contributed by atoms with van der Waals surface area (Å²) in [6, 6.07) is 0. The van der Waals surface area contributed by atoms with Gasteiger partial charge in [-0.2, -0.15) is 5.10 Å². The van der Waals surface area contributed by atoms with E-state index in [0.717, 1.165) is 31.5 Å². The van der Waals surface area contributed by atoms with E-state index in [0.29, 0.717) is 12.4 Å². The van der Waals surface area contributed by atoms with Gasteiger partial charge in [0.15, 0.2) is 5.82 Å². The summed E-state index contributed by atoms with van der Waals surface area (Å²) in [5, 5.41) is 4.28. The van der Waals surface area contributed by atoms with Gasteiger partial charge in [-0.25, -0.2) is 14.4 Å². The highest BCUT2D eigenvalue weighted by molar-refractivity contribution is 5.81. The van der Waals surface area contributed by atoms with Crippen LogP contribution in [0.1, 0.15) is 30.7 Å². The van der Waals surface area contributed by atoms with Gasteiger partial charge in [-0.05, 0) is 18.4 Å². The van der Waals surface area contributed by atoms with E-state index in [9.17, 15) is 9.18 Å². The van der Waals surface area contributed by atoms with Gasteiger partial charge in [0.05, 0.1) is 24.1 Å². The summed E-state index contributed by atoms with van der Waals surface area (Å²) in [6.45, 7) is 1.47. The molecule has 0 radical (unpaired) electrons. The van der Waals surface area contributed by atoms with E-state index in [4.69, 9.17) is 0 Å². The van der Waals surface area contributed by atoms with Crippen LogP contribution in [0, 0.1) is 5.82 Å². The molecule has 8 heteroatoms. The molecule has 7 nitrogen and oxygen atoms in total. The molecule has 2 aliphatic rings. The Balaban J connectivity index is 1.58. The lowest BCUT2D eigenvalue weighted by Gasteiger charge is -2.46. The van der Waals surface area contributed by atoms with Gasteiger partial charge in [-0.1, -0.05) is 0 Å². The third-order valence-corrected chi connectivity index (χ3v) is 5.72. The van der Waals surface area contributed by atoms with Crippen LogP contribution in [0.5, 0.6) is 0 Å². The maximum Gasteiger partial charge on any atom is 0.225 e. The van der Waals surface area contributed by atoms with Crippen molar-refractivity contribution in [2.75, 3.05) is 25.0 Å². The van der Waals surface area contributed by atoms with Gasteiger partial charge in [0.25, 0.3) is 0 Å². The number of carbonyl (C=O) groups excluding carboxylic acids is 1. The van der Waals surface area contributed by atoms with Gasteiger partial charge in [-0.3, -0.25) is 9.48 Å². The molecule has 1 amide bonds. The summed E-state index contributed by atoms with van der Waals surface area (Å²) in [5.41, 5.74) is 0.920. The second kappa shape index (κ2) is 5.79. The predicted molar refractivity (Wildman–Crippen MR) is 89.5 cm³/mol. The number of rotatable bonds is 2. The first-order chi connectivity index (χ1) is 12.0. The standard InChI is InChI=1S/C17H21FN6O/c1-22-11-12(8-21-22)14-7-15(25)23(2)17(14)3-5-24(6-4-17)16-19-9-13(18)10-20-16/h8-11,14H,3-7H2,1-2H3/t14-/m0/s1. The third-order valence-electron chi connectivity index (χ3n) is 5.72. The fraction of sp³-hybridized carbons (Fsp3) is 0.529. The van der Waals surface area contributed by atoms with Gasteiger partial charge >= 0.3 is 0 Å². The molecule has 2 aromatic rings. The quantitative estimate of drug-likeness (QED) is 0.822. The molecule has 1 spiro atoms. The van der Waals surface area contributed by atoms with Gasteiger partial charge < -0.3 is 9.80 Å². The molecular formula is C17H21FN6O.